The number of hydrogen-bond acceptors (Lipinski definition) is 4. The van der Waals surface area contributed by atoms with E-state index < -0.39 is 5.97 Å². The third-order valence-electron chi connectivity index (χ3n) is 0.268. The Kier molecular flexibility index (Phi) is 9.48. The zero-order valence-corrected chi connectivity index (χ0v) is 6.05. The second-order valence-electron chi connectivity index (χ2n) is 0.667. The standard InChI is InChI=1S/C2H5NO3.Na.H/c3-1-2(4)6-5;;/h5H,1,3H2;;/q;+1;-1. The third-order valence-corrected chi connectivity index (χ3v) is 0.268. The van der Waals surface area contributed by atoms with Crippen molar-refractivity contribution in [1.29, 1.82) is 0 Å². The molecule has 4 nitrogen and oxygen atoms in total. The zero-order valence-electron chi connectivity index (χ0n) is 5.05. The zero-order chi connectivity index (χ0) is 4.99. The Morgan fingerprint density at radius 1 is 2.00 bits per heavy atom. The summed E-state index contributed by atoms with van der Waals surface area (Å²) >= 11 is 0. The Hall–Kier alpha value is 0.390. The van der Waals surface area contributed by atoms with Crippen molar-refractivity contribution in [3.63, 3.8) is 0 Å². The Balaban J connectivity index is -0.000000125. The van der Waals surface area contributed by atoms with Gasteiger partial charge >= 0.3 is 35.5 Å². The second-order valence-corrected chi connectivity index (χ2v) is 0.667. The van der Waals surface area contributed by atoms with Crippen LogP contribution in [0.5, 0.6) is 0 Å². The molecule has 0 unspecified atom stereocenters. The van der Waals surface area contributed by atoms with Gasteiger partial charge in [-0.3, -0.25) is 4.89 Å². The van der Waals surface area contributed by atoms with E-state index in [2.05, 4.69) is 10.6 Å². The molecule has 0 aromatic heterocycles. The molecule has 0 aliphatic heterocycles. The average molecular weight is 115 g/mol. The Morgan fingerprint density at radius 3 is 2.43 bits per heavy atom. The van der Waals surface area contributed by atoms with Gasteiger partial charge in [-0.1, -0.05) is 0 Å². The minimum absolute atomic E-state index is 0. The average Bonchev–Trinajstić information content (AvgIpc) is 1.65. The first-order valence-electron chi connectivity index (χ1n) is 1.35. The summed E-state index contributed by atoms with van der Waals surface area (Å²) in [6.07, 6.45) is 0. The van der Waals surface area contributed by atoms with E-state index in [1.165, 1.54) is 0 Å². The minimum Gasteiger partial charge on any atom is -1.00 e. The summed E-state index contributed by atoms with van der Waals surface area (Å²) in [5, 5.41) is 7.41. The van der Waals surface area contributed by atoms with E-state index in [1.807, 2.05) is 0 Å². The van der Waals surface area contributed by atoms with E-state index >= 15 is 0 Å². The molecule has 0 atom stereocenters. The topological polar surface area (TPSA) is 72.6 Å². The van der Waals surface area contributed by atoms with Crippen LogP contribution < -0.4 is 35.3 Å². The summed E-state index contributed by atoms with van der Waals surface area (Å²) in [7, 11) is 0. The largest absolute Gasteiger partial charge is 1.00 e. The van der Waals surface area contributed by atoms with E-state index in [9.17, 15) is 4.79 Å². The van der Waals surface area contributed by atoms with E-state index in [1.54, 1.807) is 0 Å². The first-order valence-corrected chi connectivity index (χ1v) is 1.35. The van der Waals surface area contributed by atoms with Crippen LogP contribution in [0.2, 0.25) is 0 Å². The molecule has 0 saturated carbocycles. The molecule has 0 aromatic rings. The van der Waals surface area contributed by atoms with Crippen LogP contribution in [0.3, 0.4) is 0 Å². The van der Waals surface area contributed by atoms with Gasteiger partial charge in [-0.05, 0) is 0 Å². The van der Waals surface area contributed by atoms with Crippen LogP contribution in [-0.4, -0.2) is 17.8 Å². The monoisotopic (exact) mass is 115 g/mol. The van der Waals surface area contributed by atoms with Crippen molar-refractivity contribution in [3.05, 3.63) is 0 Å². The van der Waals surface area contributed by atoms with E-state index in [0.717, 1.165) is 0 Å². The molecular weight excluding hydrogens is 109 g/mol. The van der Waals surface area contributed by atoms with Crippen molar-refractivity contribution in [2.45, 2.75) is 0 Å². The molecule has 0 spiro atoms. The molecule has 7 heavy (non-hydrogen) atoms. The van der Waals surface area contributed by atoms with E-state index in [4.69, 9.17) is 5.26 Å². The fraction of sp³-hybridized carbons (Fsp3) is 0.500. The van der Waals surface area contributed by atoms with Crippen molar-refractivity contribution >= 4 is 5.97 Å². The normalized spacial score (nSPS) is 6.57. The molecule has 0 aliphatic rings. The van der Waals surface area contributed by atoms with Crippen LogP contribution in [0.4, 0.5) is 0 Å². The van der Waals surface area contributed by atoms with Crippen molar-refractivity contribution in [1.82, 2.24) is 0 Å². The summed E-state index contributed by atoms with van der Waals surface area (Å²) in [5.74, 6) is -0.824. The van der Waals surface area contributed by atoms with Crippen molar-refractivity contribution in [2.24, 2.45) is 5.73 Å². The van der Waals surface area contributed by atoms with Gasteiger partial charge in [-0.15, -0.1) is 0 Å². The molecule has 0 saturated heterocycles. The Labute approximate surface area is 64.3 Å². The van der Waals surface area contributed by atoms with Crippen LogP contribution in [0, 0.1) is 0 Å². The molecule has 38 valence electrons. The van der Waals surface area contributed by atoms with Crippen molar-refractivity contribution < 1.29 is 45.9 Å². The fourth-order valence-electron chi connectivity index (χ4n) is 0.0373. The molecule has 0 radical (unpaired) electrons. The van der Waals surface area contributed by atoms with Gasteiger partial charge in [0.25, 0.3) is 0 Å². The predicted octanol–water partition coefficient (Wildman–Crippen LogP) is -3.92. The molecule has 0 fully saturated rings. The van der Waals surface area contributed by atoms with E-state index in [-0.39, 0.29) is 37.5 Å². The van der Waals surface area contributed by atoms with Gasteiger partial charge in [-0.25, -0.2) is 4.79 Å². The summed E-state index contributed by atoms with van der Waals surface area (Å²) < 4.78 is 0. The summed E-state index contributed by atoms with van der Waals surface area (Å²) in [4.78, 5) is 12.7. The maximum Gasteiger partial charge on any atom is 1.00 e. The minimum atomic E-state index is -0.824. The van der Waals surface area contributed by atoms with Crippen LogP contribution in [0.15, 0.2) is 0 Å². The molecule has 5 heteroatoms. The van der Waals surface area contributed by atoms with Gasteiger partial charge < -0.3 is 7.16 Å². The van der Waals surface area contributed by atoms with Gasteiger partial charge in [0.15, 0.2) is 0 Å². The second kappa shape index (κ2) is 6.39. The van der Waals surface area contributed by atoms with Crippen molar-refractivity contribution in [2.75, 3.05) is 6.54 Å². The van der Waals surface area contributed by atoms with Crippen LogP contribution >= 0.6 is 0 Å². The quantitative estimate of drug-likeness (QED) is 0.208. The van der Waals surface area contributed by atoms with Gasteiger partial charge in [0.05, 0.1) is 6.54 Å². The molecule has 0 aromatic carbocycles. The molecular formula is C2H6NNaO3. The number of rotatable bonds is 1. The van der Waals surface area contributed by atoms with Gasteiger partial charge in [0.1, 0.15) is 0 Å². The Morgan fingerprint density at radius 2 is 2.43 bits per heavy atom. The molecule has 0 heterocycles. The van der Waals surface area contributed by atoms with Crippen LogP contribution in [0.25, 0.3) is 0 Å². The van der Waals surface area contributed by atoms with Gasteiger partial charge in [0, 0.05) is 0 Å². The SMILES string of the molecule is NCC(=O)OO.[H-].[Na+]. The molecule has 0 aliphatic carbocycles. The van der Waals surface area contributed by atoms with Crippen LogP contribution in [0.1, 0.15) is 1.43 Å². The molecule has 3 N–H and O–H groups in total. The molecule has 0 amide bonds. The first-order chi connectivity index (χ1) is 2.81. The number of nitrogens with two attached hydrogens (primary N) is 1. The van der Waals surface area contributed by atoms with Crippen LogP contribution in [-0.2, 0) is 9.68 Å². The maximum absolute atomic E-state index is 9.58. The number of carbonyl (C=O) groups excluding carboxylic acids is 1. The van der Waals surface area contributed by atoms with Gasteiger partial charge in [0.2, 0.25) is 0 Å². The summed E-state index contributed by atoms with van der Waals surface area (Å²) in [6.45, 7) is -0.281. The van der Waals surface area contributed by atoms with E-state index in [0.29, 0.717) is 0 Å². The third kappa shape index (κ3) is 6.39. The first kappa shape index (κ1) is 10.4. The Bertz CT molecular complexity index is 55.2. The molecule has 0 rings (SSSR count). The predicted molar refractivity (Wildman–Crippen MR) is 18.9 cm³/mol. The number of hydrogen-bond donors (Lipinski definition) is 2. The smallest absolute Gasteiger partial charge is 1.00 e. The number of carbonyl (C=O) groups is 1. The maximum atomic E-state index is 9.58. The summed E-state index contributed by atoms with van der Waals surface area (Å²) in [6, 6.07) is 0. The van der Waals surface area contributed by atoms with Crippen molar-refractivity contribution in [3.8, 4) is 0 Å². The molecule has 0 bridgehead atoms. The fourth-order valence-corrected chi connectivity index (χ4v) is 0.0373. The summed E-state index contributed by atoms with van der Waals surface area (Å²) in [5.41, 5.74) is 4.65. The van der Waals surface area contributed by atoms with Gasteiger partial charge in [-0.2, -0.15) is 5.26 Å².